The van der Waals surface area contributed by atoms with Crippen LogP contribution in [0.4, 0.5) is 5.69 Å². The van der Waals surface area contributed by atoms with Crippen molar-refractivity contribution in [3.63, 3.8) is 0 Å². The van der Waals surface area contributed by atoms with Crippen LogP contribution in [-0.4, -0.2) is 13.1 Å². The minimum Gasteiger partial charge on any atom is -0.369 e. The molecule has 1 fully saturated rings. The highest BCUT2D eigenvalue weighted by molar-refractivity contribution is 5.68. The molecule has 0 radical (unpaired) electrons. The third-order valence-electron chi connectivity index (χ3n) is 4.57. The Morgan fingerprint density at radius 3 is 2.04 bits per heavy atom. The van der Waals surface area contributed by atoms with E-state index in [1.54, 1.807) is 18.2 Å². The Balaban J connectivity index is 1.70. The summed E-state index contributed by atoms with van der Waals surface area (Å²) in [6.07, 6.45) is 3.30. The number of benzene rings is 2. The smallest absolute Gasteiger partial charge is 0.101 e. The second-order valence-corrected chi connectivity index (χ2v) is 6.05. The van der Waals surface area contributed by atoms with E-state index in [-0.39, 0.29) is 0 Å². The summed E-state index contributed by atoms with van der Waals surface area (Å²) < 4.78 is 0. The van der Waals surface area contributed by atoms with E-state index in [0.29, 0.717) is 17.0 Å². The predicted octanol–water partition coefficient (Wildman–Crippen LogP) is 3.89. The Bertz CT molecular complexity index is 712. The maximum absolute atomic E-state index is 9.33. The Hall–Kier alpha value is -2.78. The molecule has 0 aliphatic carbocycles. The first-order valence-corrected chi connectivity index (χ1v) is 8.04. The maximum Gasteiger partial charge on any atom is 0.101 e. The van der Waals surface area contributed by atoms with Crippen molar-refractivity contribution in [3.8, 4) is 12.1 Å². The molecule has 1 saturated heterocycles. The summed E-state index contributed by atoms with van der Waals surface area (Å²) in [5, 5.41) is 18.7. The van der Waals surface area contributed by atoms with Crippen molar-refractivity contribution in [3.05, 3.63) is 65.2 Å². The number of hydrogen-bond acceptors (Lipinski definition) is 3. The zero-order valence-electron chi connectivity index (χ0n) is 13.1. The van der Waals surface area contributed by atoms with E-state index in [1.165, 1.54) is 5.56 Å². The van der Waals surface area contributed by atoms with E-state index in [2.05, 4.69) is 41.3 Å². The molecule has 0 unspecified atom stereocenters. The van der Waals surface area contributed by atoms with Gasteiger partial charge in [-0.25, -0.2) is 0 Å². The number of piperidine rings is 1. The lowest BCUT2D eigenvalue weighted by Crippen LogP contribution is -2.35. The van der Waals surface area contributed by atoms with Crippen LogP contribution in [-0.2, 0) is 6.42 Å². The Kier molecular flexibility index (Phi) is 4.60. The van der Waals surface area contributed by atoms with Gasteiger partial charge in [0.25, 0.3) is 0 Å². The van der Waals surface area contributed by atoms with E-state index >= 15 is 0 Å². The molecule has 3 nitrogen and oxygen atoms in total. The van der Waals surface area contributed by atoms with Crippen molar-refractivity contribution >= 4 is 5.69 Å². The van der Waals surface area contributed by atoms with Crippen molar-refractivity contribution in [2.75, 3.05) is 18.0 Å². The quantitative estimate of drug-likeness (QED) is 0.864. The summed E-state index contributed by atoms with van der Waals surface area (Å²) in [6, 6.07) is 20.4. The first-order valence-electron chi connectivity index (χ1n) is 8.04. The summed E-state index contributed by atoms with van der Waals surface area (Å²) in [4.78, 5) is 2.21. The molecule has 114 valence electrons. The fourth-order valence-corrected chi connectivity index (χ4v) is 3.37. The van der Waals surface area contributed by atoms with Gasteiger partial charge in [0.15, 0.2) is 0 Å². The minimum absolute atomic E-state index is 0.602. The van der Waals surface area contributed by atoms with Crippen molar-refractivity contribution in [1.82, 2.24) is 0 Å². The molecular weight excluding hydrogens is 282 g/mol. The lowest BCUT2D eigenvalue weighted by Gasteiger charge is -2.34. The Morgan fingerprint density at radius 2 is 1.48 bits per heavy atom. The van der Waals surface area contributed by atoms with Gasteiger partial charge in [-0.3, -0.25) is 0 Å². The van der Waals surface area contributed by atoms with Crippen LogP contribution in [0.1, 0.15) is 29.5 Å². The fourth-order valence-electron chi connectivity index (χ4n) is 3.37. The van der Waals surface area contributed by atoms with Crippen LogP contribution < -0.4 is 4.90 Å². The molecule has 2 aromatic rings. The van der Waals surface area contributed by atoms with Crippen molar-refractivity contribution in [2.45, 2.75) is 19.3 Å². The van der Waals surface area contributed by atoms with E-state index < -0.39 is 0 Å². The summed E-state index contributed by atoms with van der Waals surface area (Å²) >= 11 is 0. The van der Waals surface area contributed by atoms with Crippen LogP contribution in [0, 0.1) is 28.6 Å². The van der Waals surface area contributed by atoms with Gasteiger partial charge >= 0.3 is 0 Å². The Morgan fingerprint density at radius 1 is 0.870 bits per heavy atom. The highest BCUT2D eigenvalue weighted by Gasteiger charge is 2.23. The molecule has 0 spiro atoms. The van der Waals surface area contributed by atoms with E-state index in [4.69, 9.17) is 0 Å². The van der Waals surface area contributed by atoms with E-state index in [1.807, 2.05) is 6.07 Å². The first-order chi connectivity index (χ1) is 11.3. The van der Waals surface area contributed by atoms with Crippen LogP contribution >= 0.6 is 0 Å². The molecule has 3 heteroatoms. The van der Waals surface area contributed by atoms with Crippen LogP contribution in [0.3, 0.4) is 0 Å². The zero-order chi connectivity index (χ0) is 16.1. The highest BCUT2D eigenvalue weighted by Crippen LogP contribution is 2.30. The lowest BCUT2D eigenvalue weighted by atomic mass is 9.89. The average molecular weight is 301 g/mol. The monoisotopic (exact) mass is 301 g/mol. The van der Waals surface area contributed by atoms with Gasteiger partial charge in [-0.05, 0) is 42.9 Å². The molecule has 0 bridgehead atoms. The second-order valence-electron chi connectivity index (χ2n) is 6.05. The molecule has 3 rings (SSSR count). The molecule has 1 heterocycles. The summed E-state index contributed by atoms with van der Waals surface area (Å²) in [6.45, 7) is 1.82. The van der Waals surface area contributed by atoms with Gasteiger partial charge < -0.3 is 4.90 Å². The van der Waals surface area contributed by atoms with Gasteiger partial charge in [-0.2, -0.15) is 10.5 Å². The number of anilines is 1. The van der Waals surface area contributed by atoms with Crippen molar-refractivity contribution in [1.29, 1.82) is 10.5 Å². The molecular formula is C20H19N3. The summed E-state index contributed by atoms with van der Waals surface area (Å²) in [5.74, 6) is 0.674. The fraction of sp³-hybridized carbons (Fsp3) is 0.300. The molecule has 0 amide bonds. The first kappa shape index (κ1) is 15.1. The molecule has 2 aromatic carbocycles. The molecule has 0 saturated carbocycles. The number of nitrogens with zero attached hydrogens (tertiary/aromatic N) is 3. The normalized spacial score (nSPS) is 15.0. The highest BCUT2D eigenvalue weighted by atomic mass is 15.1. The molecule has 23 heavy (non-hydrogen) atoms. The van der Waals surface area contributed by atoms with E-state index in [0.717, 1.165) is 38.0 Å². The topological polar surface area (TPSA) is 50.8 Å². The van der Waals surface area contributed by atoms with Gasteiger partial charge in [-0.15, -0.1) is 0 Å². The number of para-hydroxylation sites is 1. The molecule has 1 aliphatic rings. The van der Waals surface area contributed by atoms with Crippen LogP contribution in [0.5, 0.6) is 0 Å². The third-order valence-corrected chi connectivity index (χ3v) is 4.57. The molecule has 0 atom stereocenters. The standard InChI is InChI=1S/C20H19N3/c21-14-18-7-4-8-19(15-22)20(18)23-11-9-17(10-12-23)13-16-5-2-1-3-6-16/h1-8,17H,9-13H2. The molecule has 0 aromatic heterocycles. The molecule has 0 N–H and O–H groups in total. The maximum atomic E-state index is 9.33. The SMILES string of the molecule is N#Cc1cccc(C#N)c1N1CCC(Cc2ccccc2)CC1. The number of rotatable bonds is 3. The van der Waals surface area contributed by atoms with Gasteiger partial charge in [0.05, 0.1) is 16.8 Å². The molecule has 1 aliphatic heterocycles. The predicted molar refractivity (Wildman–Crippen MR) is 91.0 cm³/mol. The Labute approximate surface area is 137 Å². The lowest BCUT2D eigenvalue weighted by molar-refractivity contribution is 0.403. The van der Waals surface area contributed by atoms with Crippen molar-refractivity contribution < 1.29 is 0 Å². The van der Waals surface area contributed by atoms with E-state index in [9.17, 15) is 10.5 Å². The summed E-state index contributed by atoms with van der Waals surface area (Å²) in [7, 11) is 0. The van der Waals surface area contributed by atoms with Gasteiger partial charge in [0.1, 0.15) is 12.1 Å². The number of hydrogen-bond donors (Lipinski definition) is 0. The van der Waals surface area contributed by atoms with Gasteiger partial charge in [0, 0.05) is 13.1 Å². The zero-order valence-corrected chi connectivity index (χ0v) is 13.1. The van der Waals surface area contributed by atoms with Crippen LogP contribution in [0.15, 0.2) is 48.5 Å². The third kappa shape index (κ3) is 3.35. The largest absolute Gasteiger partial charge is 0.369 e. The van der Waals surface area contributed by atoms with Crippen LogP contribution in [0.25, 0.3) is 0 Å². The van der Waals surface area contributed by atoms with Crippen molar-refractivity contribution in [2.24, 2.45) is 5.92 Å². The van der Waals surface area contributed by atoms with Crippen LogP contribution in [0.2, 0.25) is 0 Å². The van der Waals surface area contributed by atoms with Gasteiger partial charge in [-0.1, -0.05) is 36.4 Å². The summed E-state index contributed by atoms with van der Waals surface area (Å²) in [5.41, 5.74) is 3.41. The number of nitriles is 2. The second kappa shape index (κ2) is 6.99. The average Bonchev–Trinajstić information content (AvgIpc) is 2.62. The van der Waals surface area contributed by atoms with Gasteiger partial charge in [0.2, 0.25) is 0 Å². The minimum atomic E-state index is 0.602.